The first kappa shape index (κ1) is 16.4. The summed E-state index contributed by atoms with van der Waals surface area (Å²) in [7, 11) is -3.49. The summed E-state index contributed by atoms with van der Waals surface area (Å²) in [5, 5.41) is 13.7. The Morgan fingerprint density at radius 3 is 2.65 bits per heavy atom. The highest BCUT2D eigenvalue weighted by Crippen LogP contribution is 2.18. The Morgan fingerprint density at radius 1 is 1.35 bits per heavy atom. The van der Waals surface area contributed by atoms with E-state index in [-0.39, 0.29) is 17.1 Å². The van der Waals surface area contributed by atoms with Crippen molar-refractivity contribution in [3.63, 3.8) is 0 Å². The molecule has 0 aromatic heterocycles. The summed E-state index contributed by atoms with van der Waals surface area (Å²) in [6.45, 7) is 4.57. The molecular weight excluding hydrogens is 282 g/mol. The van der Waals surface area contributed by atoms with Crippen LogP contribution in [0, 0.1) is 10.1 Å². The number of anilines is 1. The van der Waals surface area contributed by atoms with E-state index in [1.54, 1.807) is 0 Å². The van der Waals surface area contributed by atoms with Crippen LogP contribution in [0.1, 0.15) is 20.3 Å². The molecule has 1 aromatic carbocycles. The molecule has 1 aromatic rings. The van der Waals surface area contributed by atoms with E-state index in [0.717, 1.165) is 0 Å². The van der Waals surface area contributed by atoms with Crippen molar-refractivity contribution in [1.82, 2.24) is 5.32 Å². The van der Waals surface area contributed by atoms with Gasteiger partial charge in [0.1, 0.15) is 0 Å². The molecule has 0 fully saturated rings. The van der Waals surface area contributed by atoms with Crippen molar-refractivity contribution in [1.29, 1.82) is 0 Å². The van der Waals surface area contributed by atoms with Crippen molar-refractivity contribution in [3.8, 4) is 0 Å². The molecule has 112 valence electrons. The molecule has 0 saturated carbocycles. The van der Waals surface area contributed by atoms with Gasteiger partial charge in [0.15, 0.2) is 0 Å². The van der Waals surface area contributed by atoms with E-state index in [1.165, 1.54) is 24.3 Å². The van der Waals surface area contributed by atoms with Crippen molar-refractivity contribution in [2.24, 2.45) is 0 Å². The van der Waals surface area contributed by atoms with Gasteiger partial charge in [0.25, 0.3) is 5.69 Å². The zero-order valence-corrected chi connectivity index (χ0v) is 12.3. The maximum atomic E-state index is 11.8. The third kappa shape index (κ3) is 5.98. The number of nitro benzene ring substituents is 1. The lowest BCUT2D eigenvalue weighted by Crippen LogP contribution is -2.26. The van der Waals surface area contributed by atoms with Gasteiger partial charge >= 0.3 is 0 Å². The van der Waals surface area contributed by atoms with Crippen molar-refractivity contribution < 1.29 is 13.3 Å². The quantitative estimate of drug-likeness (QED) is 0.432. The number of non-ortho nitro benzene ring substituents is 1. The summed E-state index contributed by atoms with van der Waals surface area (Å²) in [4.78, 5) is 10.0. The number of rotatable bonds is 8. The standard InChI is InChI=1S/C12H19N3O4S/c1-10(2)13-7-4-8-20(18,19)14-11-5-3-6-12(9-11)15(16)17/h3,5-6,9-10,13-14H,4,7-8H2,1-2H3. The molecule has 2 N–H and O–H groups in total. The first-order valence-electron chi connectivity index (χ1n) is 6.28. The van der Waals surface area contributed by atoms with Gasteiger partial charge in [0.2, 0.25) is 10.0 Å². The molecular formula is C12H19N3O4S. The summed E-state index contributed by atoms with van der Waals surface area (Å²) in [6.07, 6.45) is 0.475. The third-order valence-electron chi connectivity index (χ3n) is 2.47. The predicted octanol–water partition coefficient (Wildman–Crippen LogP) is 1.72. The van der Waals surface area contributed by atoms with Gasteiger partial charge in [-0.05, 0) is 19.0 Å². The maximum absolute atomic E-state index is 11.8. The largest absolute Gasteiger partial charge is 0.314 e. The lowest BCUT2D eigenvalue weighted by atomic mass is 10.3. The normalized spacial score (nSPS) is 11.6. The Kier molecular flexibility index (Phi) is 5.90. The van der Waals surface area contributed by atoms with Crippen LogP contribution >= 0.6 is 0 Å². The summed E-state index contributed by atoms with van der Waals surface area (Å²) in [5.41, 5.74) is 0.0580. The minimum absolute atomic E-state index is 0.0323. The highest BCUT2D eigenvalue weighted by molar-refractivity contribution is 7.92. The van der Waals surface area contributed by atoms with E-state index in [4.69, 9.17) is 0 Å². The van der Waals surface area contributed by atoms with Crippen LogP contribution in [-0.4, -0.2) is 31.7 Å². The van der Waals surface area contributed by atoms with Crippen molar-refractivity contribution in [2.45, 2.75) is 26.3 Å². The van der Waals surface area contributed by atoms with Gasteiger partial charge < -0.3 is 5.32 Å². The van der Waals surface area contributed by atoms with Crippen LogP contribution in [0.3, 0.4) is 0 Å². The first-order chi connectivity index (χ1) is 9.30. The molecule has 0 aliphatic rings. The van der Waals surface area contributed by atoms with Gasteiger partial charge in [-0.25, -0.2) is 8.42 Å². The Morgan fingerprint density at radius 2 is 2.05 bits per heavy atom. The summed E-state index contributed by atoms with van der Waals surface area (Å²) in [6, 6.07) is 5.74. The second kappa shape index (κ2) is 7.20. The van der Waals surface area contributed by atoms with Gasteiger partial charge in [0.05, 0.1) is 16.4 Å². The van der Waals surface area contributed by atoms with Gasteiger partial charge in [0, 0.05) is 18.2 Å². The van der Waals surface area contributed by atoms with E-state index in [9.17, 15) is 18.5 Å². The van der Waals surface area contributed by atoms with Gasteiger partial charge in [-0.2, -0.15) is 0 Å². The molecule has 7 nitrogen and oxygen atoms in total. The van der Waals surface area contributed by atoms with E-state index in [0.29, 0.717) is 19.0 Å². The van der Waals surface area contributed by atoms with Crippen LogP contribution in [0.4, 0.5) is 11.4 Å². The SMILES string of the molecule is CC(C)NCCCS(=O)(=O)Nc1cccc([N+](=O)[O-])c1. The van der Waals surface area contributed by atoms with Crippen molar-refractivity contribution in [3.05, 3.63) is 34.4 Å². The zero-order chi connectivity index (χ0) is 15.2. The number of sulfonamides is 1. The number of nitrogens with one attached hydrogen (secondary N) is 2. The minimum atomic E-state index is -3.49. The van der Waals surface area contributed by atoms with Crippen LogP contribution in [0.15, 0.2) is 24.3 Å². The van der Waals surface area contributed by atoms with E-state index >= 15 is 0 Å². The van der Waals surface area contributed by atoms with Crippen LogP contribution in [0.25, 0.3) is 0 Å². The lowest BCUT2D eigenvalue weighted by molar-refractivity contribution is -0.384. The fourth-order valence-electron chi connectivity index (χ4n) is 1.57. The molecule has 8 heteroatoms. The number of nitrogens with zero attached hydrogens (tertiary/aromatic N) is 1. The third-order valence-corrected chi connectivity index (χ3v) is 3.85. The molecule has 0 atom stereocenters. The number of hydrogen-bond acceptors (Lipinski definition) is 5. The topological polar surface area (TPSA) is 101 Å². The van der Waals surface area contributed by atoms with Crippen LogP contribution in [0.2, 0.25) is 0 Å². The molecule has 0 heterocycles. The van der Waals surface area contributed by atoms with Crippen LogP contribution in [0.5, 0.6) is 0 Å². The summed E-state index contributed by atoms with van der Waals surface area (Å²) < 4.78 is 26.0. The van der Waals surface area contributed by atoms with Gasteiger partial charge in [-0.1, -0.05) is 19.9 Å². The molecule has 0 radical (unpaired) electrons. The smallest absolute Gasteiger partial charge is 0.271 e. The fourth-order valence-corrected chi connectivity index (χ4v) is 2.68. The highest BCUT2D eigenvalue weighted by Gasteiger charge is 2.12. The molecule has 0 aliphatic carbocycles. The Hall–Kier alpha value is -1.67. The van der Waals surface area contributed by atoms with Crippen LogP contribution in [-0.2, 0) is 10.0 Å². The molecule has 0 aliphatic heterocycles. The molecule has 0 unspecified atom stereocenters. The second-order valence-corrected chi connectivity index (χ2v) is 6.53. The fraction of sp³-hybridized carbons (Fsp3) is 0.500. The van der Waals surface area contributed by atoms with E-state index in [2.05, 4.69) is 10.0 Å². The van der Waals surface area contributed by atoms with E-state index < -0.39 is 14.9 Å². The number of hydrogen-bond donors (Lipinski definition) is 2. The lowest BCUT2D eigenvalue weighted by Gasteiger charge is -2.10. The summed E-state index contributed by atoms with van der Waals surface area (Å²) >= 11 is 0. The zero-order valence-electron chi connectivity index (χ0n) is 11.5. The van der Waals surface area contributed by atoms with Crippen LogP contribution < -0.4 is 10.0 Å². The Bertz CT molecular complexity index is 558. The minimum Gasteiger partial charge on any atom is -0.314 e. The molecule has 0 saturated heterocycles. The van der Waals surface area contributed by atoms with Crippen molar-refractivity contribution >= 4 is 21.4 Å². The second-order valence-electron chi connectivity index (χ2n) is 4.69. The summed E-state index contributed by atoms with van der Waals surface area (Å²) in [5.74, 6) is -0.0323. The highest BCUT2D eigenvalue weighted by atomic mass is 32.2. The number of nitro groups is 1. The van der Waals surface area contributed by atoms with Gasteiger partial charge in [-0.3, -0.25) is 14.8 Å². The van der Waals surface area contributed by atoms with E-state index in [1.807, 2.05) is 13.8 Å². The molecule has 0 bridgehead atoms. The molecule has 20 heavy (non-hydrogen) atoms. The monoisotopic (exact) mass is 301 g/mol. The molecule has 1 rings (SSSR count). The average molecular weight is 301 g/mol. The van der Waals surface area contributed by atoms with Crippen molar-refractivity contribution in [2.75, 3.05) is 17.0 Å². The predicted molar refractivity (Wildman–Crippen MR) is 78.3 cm³/mol. The first-order valence-corrected chi connectivity index (χ1v) is 7.94. The Balaban J connectivity index is 2.57. The average Bonchev–Trinajstić information content (AvgIpc) is 2.34. The molecule has 0 amide bonds. The van der Waals surface area contributed by atoms with Gasteiger partial charge in [-0.15, -0.1) is 0 Å². The Labute approximate surface area is 118 Å². The number of benzene rings is 1. The maximum Gasteiger partial charge on any atom is 0.271 e. The molecule has 0 spiro atoms.